The molecular formula is C19H20N4O4. The van der Waals surface area contributed by atoms with Crippen molar-refractivity contribution in [2.45, 2.75) is 19.4 Å². The molecule has 0 radical (unpaired) electrons. The number of likely N-dealkylation sites (N-methyl/N-ethyl adjacent to an activating group) is 1. The van der Waals surface area contributed by atoms with Crippen LogP contribution in [0.3, 0.4) is 0 Å². The van der Waals surface area contributed by atoms with Gasteiger partial charge in [0.1, 0.15) is 6.04 Å². The van der Waals surface area contributed by atoms with Crippen LogP contribution in [-0.4, -0.2) is 68.8 Å². The van der Waals surface area contributed by atoms with Gasteiger partial charge in [0.05, 0.1) is 18.1 Å². The van der Waals surface area contributed by atoms with E-state index >= 15 is 0 Å². The summed E-state index contributed by atoms with van der Waals surface area (Å²) >= 11 is 0. The number of aromatic carboxylic acids is 1. The first-order valence-electron chi connectivity index (χ1n) is 8.64. The summed E-state index contributed by atoms with van der Waals surface area (Å²) in [7, 11) is 1.74. The van der Waals surface area contributed by atoms with Gasteiger partial charge in [0.15, 0.2) is 5.69 Å². The van der Waals surface area contributed by atoms with Gasteiger partial charge in [-0.05, 0) is 18.6 Å². The number of hydrogen-bond donors (Lipinski definition) is 1. The number of benzene rings is 1. The van der Waals surface area contributed by atoms with Crippen molar-refractivity contribution in [1.29, 1.82) is 0 Å². The molecule has 27 heavy (non-hydrogen) atoms. The molecule has 2 amide bonds. The van der Waals surface area contributed by atoms with Crippen LogP contribution >= 0.6 is 0 Å². The van der Waals surface area contributed by atoms with Gasteiger partial charge in [-0.3, -0.25) is 14.6 Å². The molecule has 0 saturated carbocycles. The number of hydrogen-bond acceptors (Lipinski definition) is 5. The monoisotopic (exact) mass is 368 g/mol. The van der Waals surface area contributed by atoms with E-state index in [0.29, 0.717) is 36.3 Å². The Kier molecular flexibility index (Phi) is 5.16. The number of piperazine rings is 1. The largest absolute Gasteiger partial charge is 0.476 e. The molecule has 3 rings (SSSR count). The van der Waals surface area contributed by atoms with Crippen molar-refractivity contribution >= 4 is 17.8 Å². The van der Waals surface area contributed by atoms with Crippen LogP contribution in [0.5, 0.6) is 0 Å². The third-order valence-corrected chi connectivity index (χ3v) is 4.62. The molecule has 0 spiro atoms. The summed E-state index contributed by atoms with van der Waals surface area (Å²) in [6, 6.07) is 6.29. The minimum Gasteiger partial charge on any atom is -0.476 e. The minimum absolute atomic E-state index is 0.0618. The molecule has 0 unspecified atom stereocenters. The summed E-state index contributed by atoms with van der Waals surface area (Å²) in [4.78, 5) is 47.6. The van der Waals surface area contributed by atoms with Crippen LogP contribution < -0.4 is 0 Å². The fourth-order valence-corrected chi connectivity index (χ4v) is 3.14. The Morgan fingerprint density at radius 3 is 2.74 bits per heavy atom. The second-order valence-electron chi connectivity index (χ2n) is 6.36. The molecule has 1 aliphatic heterocycles. The van der Waals surface area contributed by atoms with Gasteiger partial charge in [0.25, 0.3) is 5.91 Å². The number of carbonyl (C=O) groups is 3. The van der Waals surface area contributed by atoms with Crippen LogP contribution in [0.2, 0.25) is 0 Å². The lowest BCUT2D eigenvalue weighted by Gasteiger charge is -2.38. The van der Waals surface area contributed by atoms with Crippen molar-refractivity contribution in [3.8, 4) is 11.3 Å². The lowest BCUT2D eigenvalue weighted by atomic mass is 10.0. The zero-order valence-electron chi connectivity index (χ0n) is 15.1. The normalized spacial score (nSPS) is 17.1. The first-order valence-corrected chi connectivity index (χ1v) is 8.64. The topological polar surface area (TPSA) is 104 Å². The van der Waals surface area contributed by atoms with Crippen LogP contribution in [0.4, 0.5) is 0 Å². The molecule has 1 N–H and O–H groups in total. The van der Waals surface area contributed by atoms with E-state index in [-0.39, 0.29) is 17.5 Å². The predicted octanol–water partition coefficient (Wildman–Crippen LogP) is 1.53. The molecule has 1 saturated heterocycles. The van der Waals surface area contributed by atoms with Crippen molar-refractivity contribution in [3.63, 3.8) is 0 Å². The smallest absolute Gasteiger partial charge is 0.356 e. The molecule has 8 nitrogen and oxygen atoms in total. The van der Waals surface area contributed by atoms with E-state index < -0.39 is 12.0 Å². The Morgan fingerprint density at radius 1 is 1.26 bits per heavy atom. The summed E-state index contributed by atoms with van der Waals surface area (Å²) in [5.74, 6) is -1.46. The molecule has 1 fully saturated rings. The SMILES string of the molecule is CC[C@H]1C(=O)N(C)CCN1C(=O)c1cccc(-c2cncc(C(=O)O)n2)c1. The molecule has 2 aromatic rings. The van der Waals surface area contributed by atoms with Gasteiger partial charge >= 0.3 is 5.97 Å². The lowest BCUT2D eigenvalue weighted by molar-refractivity contribution is -0.138. The predicted molar refractivity (Wildman–Crippen MR) is 97.2 cm³/mol. The Balaban J connectivity index is 1.91. The average Bonchev–Trinajstić information content (AvgIpc) is 2.69. The molecule has 0 bridgehead atoms. The van der Waals surface area contributed by atoms with Gasteiger partial charge in [-0.1, -0.05) is 19.1 Å². The molecule has 2 heterocycles. The number of nitrogens with zero attached hydrogens (tertiary/aromatic N) is 4. The summed E-state index contributed by atoms with van der Waals surface area (Å²) in [6.45, 7) is 2.84. The quantitative estimate of drug-likeness (QED) is 0.878. The highest BCUT2D eigenvalue weighted by molar-refractivity contribution is 5.99. The minimum atomic E-state index is -1.17. The van der Waals surface area contributed by atoms with Gasteiger partial charge in [-0.25, -0.2) is 9.78 Å². The third kappa shape index (κ3) is 3.64. The van der Waals surface area contributed by atoms with Crippen molar-refractivity contribution in [1.82, 2.24) is 19.8 Å². The number of carboxylic acids is 1. The molecule has 1 aromatic heterocycles. The first-order chi connectivity index (χ1) is 12.9. The van der Waals surface area contributed by atoms with Crippen LogP contribution in [0.1, 0.15) is 34.2 Å². The van der Waals surface area contributed by atoms with Crippen molar-refractivity contribution in [2.24, 2.45) is 0 Å². The van der Waals surface area contributed by atoms with E-state index in [4.69, 9.17) is 5.11 Å². The van der Waals surface area contributed by atoms with Gasteiger partial charge < -0.3 is 14.9 Å². The van der Waals surface area contributed by atoms with Crippen molar-refractivity contribution < 1.29 is 19.5 Å². The Bertz CT molecular complexity index is 899. The third-order valence-electron chi connectivity index (χ3n) is 4.62. The Morgan fingerprint density at radius 2 is 2.04 bits per heavy atom. The van der Waals surface area contributed by atoms with E-state index in [2.05, 4.69) is 9.97 Å². The van der Waals surface area contributed by atoms with Crippen LogP contribution in [0.25, 0.3) is 11.3 Å². The second kappa shape index (κ2) is 7.53. The van der Waals surface area contributed by atoms with E-state index in [1.807, 2.05) is 6.92 Å². The fourth-order valence-electron chi connectivity index (χ4n) is 3.14. The maximum absolute atomic E-state index is 13.0. The number of carbonyl (C=O) groups excluding carboxylic acids is 2. The Hall–Kier alpha value is -3.29. The molecule has 1 atom stereocenters. The van der Waals surface area contributed by atoms with Crippen molar-refractivity contribution in [3.05, 3.63) is 47.9 Å². The molecular weight excluding hydrogens is 348 g/mol. The summed E-state index contributed by atoms with van der Waals surface area (Å²) in [5.41, 5.74) is 1.21. The molecule has 0 aliphatic carbocycles. The first kappa shape index (κ1) is 18.5. The zero-order chi connectivity index (χ0) is 19.6. The number of carboxylic acid groups (broad SMARTS) is 1. The standard InChI is InChI=1S/C19H20N4O4/c1-3-16-18(25)22(2)7-8-23(16)17(24)13-6-4-5-12(9-13)14-10-20-11-15(21-14)19(26)27/h4-6,9-11,16H,3,7-8H2,1-2H3,(H,26,27)/t16-/m0/s1. The number of amides is 2. The van der Waals surface area contributed by atoms with E-state index in [1.54, 1.807) is 41.1 Å². The van der Waals surface area contributed by atoms with Gasteiger partial charge in [0, 0.05) is 31.3 Å². The number of rotatable bonds is 4. The number of aromatic nitrogens is 2. The highest BCUT2D eigenvalue weighted by Gasteiger charge is 2.35. The van der Waals surface area contributed by atoms with Crippen LogP contribution in [0, 0.1) is 0 Å². The van der Waals surface area contributed by atoms with Crippen LogP contribution in [-0.2, 0) is 4.79 Å². The molecule has 1 aliphatic rings. The van der Waals surface area contributed by atoms with Gasteiger partial charge in [-0.2, -0.15) is 0 Å². The Labute approximate surface area is 156 Å². The zero-order valence-corrected chi connectivity index (χ0v) is 15.1. The summed E-state index contributed by atoms with van der Waals surface area (Å²) in [6.07, 6.45) is 3.16. The molecule has 1 aromatic carbocycles. The highest BCUT2D eigenvalue weighted by Crippen LogP contribution is 2.21. The fraction of sp³-hybridized carbons (Fsp3) is 0.316. The maximum atomic E-state index is 13.0. The summed E-state index contributed by atoms with van der Waals surface area (Å²) < 4.78 is 0. The highest BCUT2D eigenvalue weighted by atomic mass is 16.4. The van der Waals surface area contributed by atoms with Crippen LogP contribution in [0.15, 0.2) is 36.7 Å². The molecule has 140 valence electrons. The van der Waals surface area contributed by atoms with E-state index in [1.165, 1.54) is 12.4 Å². The van der Waals surface area contributed by atoms with Crippen molar-refractivity contribution in [2.75, 3.05) is 20.1 Å². The second-order valence-corrected chi connectivity index (χ2v) is 6.36. The van der Waals surface area contributed by atoms with E-state index in [0.717, 1.165) is 0 Å². The lowest BCUT2D eigenvalue weighted by Crippen LogP contribution is -2.57. The summed E-state index contributed by atoms with van der Waals surface area (Å²) in [5, 5.41) is 9.07. The maximum Gasteiger partial charge on any atom is 0.356 e. The average molecular weight is 368 g/mol. The van der Waals surface area contributed by atoms with Gasteiger partial charge in [0.2, 0.25) is 5.91 Å². The van der Waals surface area contributed by atoms with E-state index in [9.17, 15) is 14.4 Å². The van der Waals surface area contributed by atoms with Gasteiger partial charge in [-0.15, -0.1) is 0 Å². The molecule has 8 heteroatoms.